The second kappa shape index (κ2) is 7.32. The van der Waals surface area contributed by atoms with Crippen LogP contribution in [0.15, 0.2) is 12.1 Å². The first-order valence-electron chi connectivity index (χ1n) is 7.89. The Kier molecular flexibility index (Phi) is 5.71. The topological polar surface area (TPSA) is 21.3 Å². The number of halogens is 2. The molecule has 1 aromatic rings. The lowest BCUT2D eigenvalue weighted by Crippen LogP contribution is -2.34. The summed E-state index contributed by atoms with van der Waals surface area (Å²) in [6.45, 7) is 7.21. The van der Waals surface area contributed by atoms with Crippen molar-refractivity contribution in [1.29, 1.82) is 0 Å². The van der Waals surface area contributed by atoms with Crippen molar-refractivity contribution in [3.8, 4) is 0 Å². The fourth-order valence-corrected chi connectivity index (χ4v) is 3.16. The van der Waals surface area contributed by atoms with Crippen LogP contribution < -0.4 is 5.32 Å². The molecule has 1 aliphatic heterocycles. The van der Waals surface area contributed by atoms with Crippen molar-refractivity contribution in [3.05, 3.63) is 34.9 Å². The molecule has 3 atom stereocenters. The van der Waals surface area contributed by atoms with E-state index in [4.69, 9.17) is 4.74 Å². The Bertz CT molecular complexity index is 478. The molecular weight excluding hydrogens is 272 g/mol. The van der Waals surface area contributed by atoms with E-state index in [1.165, 1.54) is 12.1 Å². The van der Waals surface area contributed by atoms with Gasteiger partial charge >= 0.3 is 0 Å². The molecule has 2 rings (SSSR count). The van der Waals surface area contributed by atoms with Gasteiger partial charge in [-0.15, -0.1) is 0 Å². The Morgan fingerprint density at radius 1 is 1.29 bits per heavy atom. The van der Waals surface area contributed by atoms with E-state index >= 15 is 0 Å². The van der Waals surface area contributed by atoms with Gasteiger partial charge in [-0.05, 0) is 50.4 Å². The maximum atomic E-state index is 14.3. The number of hydrogen-bond donors (Lipinski definition) is 1. The lowest BCUT2D eigenvalue weighted by atomic mass is 9.86. The van der Waals surface area contributed by atoms with Gasteiger partial charge in [0, 0.05) is 24.1 Å². The average Bonchev–Trinajstić information content (AvgIpc) is 2.93. The molecule has 1 N–H and O–H groups in total. The highest BCUT2D eigenvalue weighted by Crippen LogP contribution is 2.36. The van der Waals surface area contributed by atoms with Crippen LogP contribution in [0.3, 0.4) is 0 Å². The van der Waals surface area contributed by atoms with Crippen LogP contribution in [0.5, 0.6) is 0 Å². The fourth-order valence-electron chi connectivity index (χ4n) is 3.16. The summed E-state index contributed by atoms with van der Waals surface area (Å²) in [7, 11) is 0. The van der Waals surface area contributed by atoms with Gasteiger partial charge in [0.2, 0.25) is 0 Å². The number of hydrogen-bond acceptors (Lipinski definition) is 2. The molecule has 0 bridgehead atoms. The second-order valence-corrected chi connectivity index (χ2v) is 5.82. The molecule has 0 aliphatic carbocycles. The van der Waals surface area contributed by atoms with Gasteiger partial charge in [-0.2, -0.15) is 0 Å². The van der Waals surface area contributed by atoms with Gasteiger partial charge in [0.1, 0.15) is 11.6 Å². The Balaban J connectivity index is 2.33. The maximum absolute atomic E-state index is 14.3. The molecule has 2 nitrogen and oxygen atoms in total. The highest BCUT2D eigenvalue weighted by molar-refractivity contribution is 5.28. The number of aryl methyl sites for hydroxylation is 1. The van der Waals surface area contributed by atoms with Gasteiger partial charge in [0.05, 0.1) is 6.10 Å². The predicted octanol–water partition coefficient (Wildman–Crippen LogP) is 4.13. The molecule has 3 unspecified atom stereocenters. The smallest absolute Gasteiger partial charge is 0.128 e. The molecule has 0 aromatic heterocycles. The lowest BCUT2D eigenvalue weighted by Gasteiger charge is -2.29. The SMILES string of the molecule is CCCNC(c1cc(F)c(C)cc1F)C1CCOC1CC. The molecule has 1 saturated heterocycles. The van der Waals surface area contributed by atoms with E-state index in [9.17, 15) is 8.78 Å². The average molecular weight is 297 g/mol. The summed E-state index contributed by atoms with van der Waals surface area (Å²) in [6, 6.07) is 2.46. The first-order valence-corrected chi connectivity index (χ1v) is 7.89. The van der Waals surface area contributed by atoms with Crippen LogP contribution in [0, 0.1) is 24.5 Å². The molecule has 0 radical (unpaired) electrons. The van der Waals surface area contributed by atoms with Gasteiger partial charge in [-0.25, -0.2) is 8.78 Å². The first-order chi connectivity index (χ1) is 10.1. The summed E-state index contributed by atoms with van der Waals surface area (Å²) in [5, 5.41) is 3.39. The summed E-state index contributed by atoms with van der Waals surface area (Å²) < 4.78 is 34.0. The van der Waals surface area contributed by atoms with Crippen molar-refractivity contribution in [2.24, 2.45) is 5.92 Å². The number of nitrogens with one attached hydrogen (secondary N) is 1. The fraction of sp³-hybridized carbons (Fsp3) is 0.647. The molecule has 0 spiro atoms. The van der Waals surface area contributed by atoms with E-state index in [0.29, 0.717) is 17.7 Å². The third-order valence-electron chi connectivity index (χ3n) is 4.32. The summed E-state index contributed by atoms with van der Waals surface area (Å²) >= 11 is 0. The van der Waals surface area contributed by atoms with E-state index in [1.807, 2.05) is 0 Å². The minimum atomic E-state index is -0.346. The maximum Gasteiger partial charge on any atom is 0.128 e. The Morgan fingerprint density at radius 3 is 2.71 bits per heavy atom. The summed E-state index contributed by atoms with van der Waals surface area (Å²) in [4.78, 5) is 0. The molecule has 118 valence electrons. The standard InChI is InChI=1S/C17H25F2NO/c1-4-7-20-17(12-6-8-21-16(12)5-2)13-10-14(18)11(3)9-15(13)19/h9-10,12,16-17,20H,4-8H2,1-3H3. The Labute approximate surface area is 125 Å². The Hall–Kier alpha value is -1.00. The van der Waals surface area contributed by atoms with E-state index < -0.39 is 0 Å². The zero-order valence-electron chi connectivity index (χ0n) is 13.1. The van der Waals surface area contributed by atoms with Crippen LogP contribution in [0.2, 0.25) is 0 Å². The third-order valence-corrected chi connectivity index (χ3v) is 4.32. The zero-order chi connectivity index (χ0) is 15.4. The molecule has 4 heteroatoms. The van der Waals surface area contributed by atoms with Gasteiger partial charge < -0.3 is 10.1 Å². The molecule has 1 aromatic carbocycles. The van der Waals surface area contributed by atoms with E-state index in [-0.39, 0.29) is 29.7 Å². The van der Waals surface area contributed by atoms with E-state index in [2.05, 4.69) is 19.2 Å². The quantitative estimate of drug-likeness (QED) is 0.852. The minimum Gasteiger partial charge on any atom is -0.378 e. The number of ether oxygens (including phenoxy) is 1. The molecule has 1 fully saturated rings. The van der Waals surface area contributed by atoms with Crippen molar-refractivity contribution >= 4 is 0 Å². The van der Waals surface area contributed by atoms with Crippen molar-refractivity contribution in [3.63, 3.8) is 0 Å². The van der Waals surface area contributed by atoms with Crippen LogP contribution in [0.25, 0.3) is 0 Å². The zero-order valence-corrected chi connectivity index (χ0v) is 13.1. The molecule has 1 aliphatic rings. The normalized spacial score (nSPS) is 23.5. The second-order valence-electron chi connectivity index (χ2n) is 5.82. The molecule has 0 saturated carbocycles. The summed E-state index contributed by atoms with van der Waals surface area (Å²) in [6.07, 6.45) is 2.85. The van der Waals surface area contributed by atoms with E-state index in [1.54, 1.807) is 6.92 Å². The largest absolute Gasteiger partial charge is 0.378 e. The monoisotopic (exact) mass is 297 g/mol. The van der Waals surface area contributed by atoms with Crippen molar-refractivity contribution in [1.82, 2.24) is 5.32 Å². The molecular formula is C17H25F2NO. The van der Waals surface area contributed by atoms with E-state index in [0.717, 1.165) is 25.8 Å². The van der Waals surface area contributed by atoms with Gasteiger partial charge in [0.25, 0.3) is 0 Å². The molecule has 0 amide bonds. The highest BCUT2D eigenvalue weighted by atomic mass is 19.1. The lowest BCUT2D eigenvalue weighted by molar-refractivity contribution is 0.0769. The van der Waals surface area contributed by atoms with Gasteiger partial charge in [-0.1, -0.05) is 13.8 Å². The first kappa shape index (κ1) is 16.4. The van der Waals surface area contributed by atoms with Crippen molar-refractivity contribution in [2.45, 2.75) is 52.2 Å². The van der Waals surface area contributed by atoms with Crippen LogP contribution in [-0.4, -0.2) is 19.3 Å². The van der Waals surface area contributed by atoms with Gasteiger partial charge in [0.15, 0.2) is 0 Å². The van der Waals surface area contributed by atoms with Crippen molar-refractivity contribution < 1.29 is 13.5 Å². The van der Waals surface area contributed by atoms with Crippen LogP contribution in [0.1, 0.15) is 50.3 Å². The molecule has 1 heterocycles. The number of benzene rings is 1. The van der Waals surface area contributed by atoms with Gasteiger partial charge in [-0.3, -0.25) is 0 Å². The molecule has 21 heavy (non-hydrogen) atoms. The summed E-state index contributed by atoms with van der Waals surface area (Å²) in [5.74, 6) is -0.482. The predicted molar refractivity (Wildman–Crippen MR) is 80.3 cm³/mol. The Morgan fingerprint density at radius 2 is 2.05 bits per heavy atom. The minimum absolute atomic E-state index is 0.114. The highest BCUT2D eigenvalue weighted by Gasteiger charge is 2.35. The van der Waals surface area contributed by atoms with Crippen LogP contribution in [0.4, 0.5) is 8.78 Å². The summed E-state index contributed by atoms with van der Waals surface area (Å²) in [5.41, 5.74) is 0.778. The van der Waals surface area contributed by atoms with Crippen LogP contribution >= 0.6 is 0 Å². The van der Waals surface area contributed by atoms with Crippen molar-refractivity contribution in [2.75, 3.05) is 13.2 Å². The third kappa shape index (κ3) is 3.61. The van der Waals surface area contributed by atoms with Crippen LogP contribution in [-0.2, 0) is 4.74 Å². The number of rotatable bonds is 6.